The van der Waals surface area contributed by atoms with E-state index in [1.54, 1.807) is 32.2 Å². The highest BCUT2D eigenvalue weighted by Gasteiger charge is 2.12. The number of hydrogen-bond donors (Lipinski definition) is 0. The fourth-order valence-electron chi connectivity index (χ4n) is 1.64. The molecule has 0 aromatic heterocycles. The highest BCUT2D eigenvalue weighted by Crippen LogP contribution is 2.18. The van der Waals surface area contributed by atoms with Crippen molar-refractivity contribution in [1.29, 1.82) is 0 Å². The second-order valence-electron chi connectivity index (χ2n) is 4.28. The van der Waals surface area contributed by atoms with Gasteiger partial charge in [0.15, 0.2) is 0 Å². The molecule has 0 atom stereocenters. The van der Waals surface area contributed by atoms with E-state index in [-0.39, 0.29) is 5.97 Å². The number of ether oxygens (including phenoxy) is 5. The fraction of sp³-hybridized carbons (Fsp3) is 0.562. The van der Waals surface area contributed by atoms with E-state index >= 15 is 0 Å². The minimum absolute atomic E-state index is 0.333. The van der Waals surface area contributed by atoms with Crippen LogP contribution in [-0.2, 0) is 18.9 Å². The van der Waals surface area contributed by atoms with Gasteiger partial charge in [-0.2, -0.15) is 0 Å². The Hall–Kier alpha value is -1.63. The smallest absolute Gasteiger partial charge is 0.341 e. The van der Waals surface area contributed by atoms with Gasteiger partial charge in [0.1, 0.15) is 17.9 Å². The van der Waals surface area contributed by atoms with Gasteiger partial charge in [-0.15, -0.1) is 0 Å². The minimum Gasteiger partial charge on any atom is -0.490 e. The largest absolute Gasteiger partial charge is 0.490 e. The van der Waals surface area contributed by atoms with Crippen LogP contribution in [0.2, 0.25) is 0 Å². The van der Waals surface area contributed by atoms with E-state index in [9.17, 15) is 4.79 Å². The van der Waals surface area contributed by atoms with E-state index in [2.05, 4.69) is 0 Å². The first-order chi connectivity index (χ1) is 10.8. The number of carbonyl (C=O) groups excluding carboxylic acids is 1. The predicted molar refractivity (Wildman–Crippen MR) is 81.4 cm³/mol. The van der Waals surface area contributed by atoms with E-state index in [0.717, 1.165) is 0 Å². The average Bonchev–Trinajstić information content (AvgIpc) is 2.54. The van der Waals surface area contributed by atoms with Gasteiger partial charge < -0.3 is 23.7 Å². The molecule has 0 radical (unpaired) electrons. The van der Waals surface area contributed by atoms with Crippen LogP contribution in [0.3, 0.4) is 0 Å². The van der Waals surface area contributed by atoms with Crippen molar-refractivity contribution in [2.24, 2.45) is 0 Å². The third-order valence-electron chi connectivity index (χ3n) is 2.67. The molecule has 0 amide bonds. The Balaban J connectivity index is 2.21. The molecule has 1 rings (SSSR count). The highest BCUT2D eigenvalue weighted by molar-refractivity contribution is 5.92. The summed E-state index contributed by atoms with van der Waals surface area (Å²) in [5, 5.41) is 0. The molecule has 0 spiro atoms. The summed E-state index contributed by atoms with van der Waals surface area (Å²) in [6.45, 7) is 5.02. The van der Waals surface area contributed by atoms with Crippen molar-refractivity contribution < 1.29 is 28.5 Å². The van der Waals surface area contributed by atoms with Gasteiger partial charge >= 0.3 is 5.97 Å². The van der Waals surface area contributed by atoms with E-state index < -0.39 is 0 Å². The Labute approximate surface area is 131 Å². The van der Waals surface area contributed by atoms with Crippen LogP contribution in [0.1, 0.15) is 17.3 Å². The first-order valence-corrected chi connectivity index (χ1v) is 7.33. The molecule has 0 fully saturated rings. The summed E-state index contributed by atoms with van der Waals surface area (Å²) < 4.78 is 26.0. The summed E-state index contributed by atoms with van der Waals surface area (Å²) in [4.78, 5) is 11.8. The minimum atomic E-state index is -0.384. The molecule has 6 nitrogen and oxygen atoms in total. The monoisotopic (exact) mass is 312 g/mol. The Morgan fingerprint density at radius 3 is 2.27 bits per heavy atom. The summed E-state index contributed by atoms with van der Waals surface area (Å²) in [6.07, 6.45) is 0. The molecule has 0 saturated carbocycles. The molecular weight excluding hydrogens is 288 g/mol. The first-order valence-electron chi connectivity index (χ1n) is 7.33. The quantitative estimate of drug-likeness (QED) is 0.434. The number of hydrogen-bond acceptors (Lipinski definition) is 6. The number of esters is 1. The Kier molecular flexibility index (Phi) is 10.0. The molecule has 22 heavy (non-hydrogen) atoms. The number of carbonyl (C=O) groups is 1. The van der Waals surface area contributed by atoms with Crippen LogP contribution in [0, 0.1) is 0 Å². The van der Waals surface area contributed by atoms with Crippen molar-refractivity contribution >= 4 is 5.97 Å². The summed E-state index contributed by atoms with van der Waals surface area (Å²) in [5.41, 5.74) is 0.423. The van der Waals surface area contributed by atoms with Crippen LogP contribution in [0.15, 0.2) is 24.3 Å². The average molecular weight is 312 g/mol. The van der Waals surface area contributed by atoms with Gasteiger partial charge in [0, 0.05) is 7.11 Å². The van der Waals surface area contributed by atoms with E-state index in [0.29, 0.717) is 57.6 Å². The molecule has 0 saturated heterocycles. The van der Waals surface area contributed by atoms with Crippen molar-refractivity contribution in [3.8, 4) is 5.75 Å². The number of para-hydroxylation sites is 1. The molecule has 124 valence electrons. The van der Waals surface area contributed by atoms with Gasteiger partial charge in [0.05, 0.1) is 39.6 Å². The van der Waals surface area contributed by atoms with E-state index in [1.165, 1.54) is 0 Å². The molecule has 0 aliphatic heterocycles. The van der Waals surface area contributed by atoms with Crippen LogP contribution in [0.4, 0.5) is 0 Å². The molecule has 0 heterocycles. The van der Waals surface area contributed by atoms with Gasteiger partial charge in [0.25, 0.3) is 0 Å². The standard InChI is InChI=1S/C16H24O6/c1-3-21-16(17)14-6-4-5-7-15(14)22-13-12-20-11-10-19-9-8-18-2/h4-7H,3,8-13H2,1-2H3. The first kappa shape index (κ1) is 18.4. The second kappa shape index (κ2) is 12.0. The highest BCUT2D eigenvalue weighted by atomic mass is 16.6. The van der Waals surface area contributed by atoms with Gasteiger partial charge in [0.2, 0.25) is 0 Å². The zero-order chi connectivity index (χ0) is 16.0. The van der Waals surface area contributed by atoms with Gasteiger partial charge in [-0.3, -0.25) is 0 Å². The number of benzene rings is 1. The maximum Gasteiger partial charge on any atom is 0.341 e. The number of methoxy groups -OCH3 is 1. The Morgan fingerprint density at radius 1 is 0.955 bits per heavy atom. The van der Waals surface area contributed by atoms with Crippen LogP contribution < -0.4 is 4.74 Å². The molecule has 0 bridgehead atoms. The summed E-state index contributed by atoms with van der Waals surface area (Å²) in [6, 6.07) is 6.99. The molecule has 6 heteroatoms. The topological polar surface area (TPSA) is 63.2 Å². The van der Waals surface area contributed by atoms with Crippen molar-refractivity contribution in [3.63, 3.8) is 0 Å². The lowest BCUT2D eigenvalue weighted by atomic mass is 10.2. The zero-order valence-corrected chi connectivity index (χ0v) is 13.2. The lowest BCUT2D eigenvalue weighted by molar-refractivity contribution is 0.0178. The van der Waals surface area contributed by atoms with Gasteiger partial charge in [-0.1, -0.05) is 12.1 Å². The van der Waals surface area contributed by atoms with Crippen LogP contribution >= 0.6 is 0 Å². The van der Waals surface area contributed by atoms with Crippen LogP contribution in [0.5, 0.6) is 5.75 Å². The molecular formula is C16H24O6. The van der Waals surface area contributed by atoms with E-state index in [1.807, 2.05) is 6.07 Å². The third kappa shape index (κ3) is 7.40. The Morgan fingerprint density at radius 2 is 1.59 bits per heavy atom. The van der Waals surface area contributed by atoms with Crippen LogP contribution in [-0.4, -0.2) is 59.3 Å². The second-order valence-corrected chi connectivity index (χ2v) is 4.28. The van der Waals surface area contributed by atoms with Crippen molar-refractivity contribution in [2.75, 3.05) is 53.4 Å². The molecule has 0 unspecified atom stereocenters. The summed E-state index contributed by atoms with van der Waals surface area (Å²) in [5.74, 6) is 0.117. The van der Waals surface area contributed by atoms with Crippen molar-refractivity contribution in [1.82, 2.24) is 0 Å². The molecule has 0 aliphatic carbocycles. The molecule has 1 aromatic carbocycles. The van der Waals surface area contributed by atoms with Crippen LogP contribution in [0.25, 0.3) is 0 Å². The van der Waals surface area contributed by atoms with Crippen molar-refractivity contribution in [3.05, 3.63) is 29.8 Å². The predicted octanol–water partition coefficient (Wildman–Crippen LogP) is 1.92. The third-order valence-corrected chi connectivity index (χ3v) is 2.67. The lowest BCUT2D eigenvalue weighted by Gasteiger charge is -2.11. The maximum absolute atomic E-state index is 11.8. The van der Waals surface area contributed by atoms with Crippen molar-refractivity contribution in [2.45, 2.75) is 6.92 Å². The number of rotatable bonds is 12. The van der Waals surface area contributed by atoms with Gasteiger partial charge in [-0.05, 0) is 19.1 Å². The normalized spacial score (nSPS) is 10.5. The zero-order valence-electron chi connectivity index (χ0n) is 13.2. The fourth-order valence-corrected chi connectivity index (χ4v) is 1.64. The van der Waals surface area contributed by atoms with E-state index in [4.69, 9.17) is 23.7 Å². The SMILES string of the molecule is CCOC(=O)c1ccccc1OCCOCCOCCOC. The molecule has 0 aliphatic rings. The van der Waals surface area contributed by atoms with Gasteiger partial charge in [-0.25, -0.2) is 4.79 Å². The molecule has 0 N–H and O–H groups in total. The maximum atomic E-state index is 11.8. The lowest BCUT2D eigenvalue weighted by Crippen LogP contribution is -2.14. The molecule has 1 aromatic rings. The summed E-state index contributed by atoms with van der Waals surface area (Å²) in [7, 11) is 1.63. The summed E-state index contributed by atoms with van der Waals surface area (Å²) >= 11 is 0. The Bertz CT molecular complexity index is 421.